The average molecular weight is 401 g/mol. The van der Waals surface area contributed by atoms with Crippen molar-refractivity contribution < 1.29 is 14.3 Å². The van der Waals surface area contributed by atoms with Gasteiger partial charge in [0.25, 0.3) is 5.91 Å². The summed E-state index contributed by atoms with van der Waals surface area (Å²) in [6.45, 7) is 1.41. The molecule has 30 heavy (non-hydrogen) atoms. The molecule has 8 heteroatoms. The van der Waals surface area contributed by atoms with Crippen molar-refractivity contribution >= 4 is 28.8 Å². The number of ether oxygens (including phenoxy) is 1. The van der Waals surface area contributed by atoms with E-state index in [1.807, 2.05) is 36.4 Å². The van der Waals surface area contributed by atoms with Crippen molar-refractivity contribution in [3.05, 3.63) is 72.6 Å². The summed E-state index contributed by atoms with van der Waals surface area (Å²) in [5.41, 5.74) is 3.51. The number of methoxy groups -OCH3 is 1. The van der Waals surface area contributed by atoms with E-state index in [1.165, 1.54) is 20.2 Å². The van der Waals surface area contributed by atoms with Gasteiger partial charge in [-0.2, -0.15) is 5.10 Å². The maximum Gasteiger partial charge on any atom is 0.261 e. The van der Waals surface area contributed by atoms with Gasteiger partial charge in [0.2, 0.25) is 5.91 Å². The Morgan fingerprint density at radius 3 is 2.57 bits per heavy atom. The van der Waals surface area contributed by atoms with Gasteiger partial charge < -0.3 is 15.4 Å². The van der Waals surface area contributed by atoms with E-state index in [0.717, 1.165) is 11.3 Å². The smallest absolute Gasteiger partial charge is 0.261 e. The molecule has 4 aromatic rings. The predicted molar refractivity (Wildman–Crippen MR) is 114 cm³/mol. The maximum absolute atomic E-state index is 13.0. The van der Waals surface area contributed by atoms with Crippen LogP contribution in [0.3, 0.4) is 0 Å². The third-order valence-corrected chi connectivity index (χ3v) is 4.48. The largest absolute Gasteiger partial charge is 0.495 e. The minimum absolute atomic E-state index is 0.210. The summed E-state index contributed by atoms with van der Waals surface area (Å²) in [4.78, 5) is 28.7. The van der Waals surface area contributed by atoms with Crippen molar-refractivity contribution in [3.8, 4) is 17.0 Å². The Morgan fingerprint density at radius 2 is 1.83 bits per heavy atom. The Kier molecular flexibility index (Phi) is 5.13. The van der Waals surface area contributed by atoms with Crippen LogP contribution in [0.5, 0.6) is 5.75 Å². The van der Waals surface area contributed by atoms with Crippen LogP contribution in [0.1, 0.15) is 17.3 Å². The highest BCUT2D eigenvalue weighted by molar-refractivity contribution is 6.09. The lowest BCUT2D eigenvalue weighted by molar-refractivity contribution is -0.114. The molecule has 0 radical (unpaired) electrons. The number of nitrogens with zero attached hydrogens (tertiary/aromatic N) is 3. The molecule has 0 aliphatic carbocycles. The first kappa shape index (κ1) is 19.1. The second kappa shape index (κ2) is 8.04. The quantitative estimate of drug-likeness (QED) is 0.532. The van der Waals surface area contributed by atoms with Gasteiger partial charge in [-0.1, -0.05) is 30.3 Å². The zero-order valence-corrected chi connectivity index (χ0v) is 16.4. The highest BCUT2D eigenvalue weighted by atomic mass is 16.5. The number of amides is 2. The zero-order valence-electron chi connectivity index (χ0n) is 16.4. The lowest BCUT2D eigenvalue weighted by Crippen LogP contribution is -2.14. The molecule has 2 aromatic carbocycles. The number of carbonyl (C=O) groups is 2. The number of hydrogen-bond acceptors (Lipinski definition) is 5. The molecular formula is C22H19N5O3. The van der Waals surface area contributed by atoms with Crippen molar-refractivity contribution in [1.29, 1.82) is 0 Å². The van der Waals surface area contributed by atoms with Crippen molar-refractivity contribution in [2.24, 2.45) is 0 Å². The molecule has 0 aliphatic heterocycles. The molecule has 8 nitrogen and oxygen atoms in total. The third kappa shape index (κ3) is 3.70. The van der Waals surface area contributed by atoms with Crippen LogP contribution in [0, 0.1) is 0 Å². The van der Waals surface area contributed by atoms with Gasteiger partial charge in [-0.15, -0.1) is 0 Å². The highest BCUT2D eigenvalue weighted by Gasteiger charge is 2.18. The fourth-order valence-corrected chi connectivity index (χ4v) is 3.16. The van der Waals surface area contributed by atoms with Gasteiger partial charge in [0.15, 0.2) is 5.65 Å². The number of anilines is 2. The number of benzene rings is 2. The second-order valence-electron chi connectivity index (χ2n) is 6.54. The van der Waals surface area contributed by atoms with Crippen molar-refractivity contribution in [3.63, 3.8) is 0 Å². The van der Waals surface area contributed by atoms with Gasteiger partial charge in [0.1, 0.15) is 11.3 Å². The monoisotopic (exact) mass is 401 g/mol. The molecule has 0 bridgehead atoms. The summed E-state index contributed by atoms with van der Waals surface area (Å²) in [5, 5.41) is 9.87. The molecule has 2 aromatic heterocycles. The van der Waals surface area contributed by atoms with Crippen LogP contribution < -0.4 is 15.4 Å². The molecule has 0 atom stereocenters. The minimum Gasteiger partial charge on any atom is -0.495 e. The molecule has 2 amide bonds. The summed E-state index contributed by atoms with van der Waals surface area (Å²) in [6, 6.07) is 16.6. The van der Waals surface area contributed by atoms with E-state index >= 15 is 0 Å². The summed E-state index contributed by atoms with van der Waals surface area (Å²) in [7, 11) is 1.51. The average Bonchev–Trinajstić information content (AvgIpc) is 3.18. The van der Waals surface area contributed by atoms with E-state index in [9.17, 15) is 9.59 Å². The topological polar surface area (TPSA) is 97.6 Å². The third-order valence-electron chi connectivity index (χ3n) is 4.48. The van der Waals surface area contributed by atoms with Crippen molar-refractivity contribution in [1.82, 2.24) is 14.6 Å². The lowest BCUT2D eigenvalue weighted by Gasteiger charge is -2.12. The molecule has 0 unspecified atom stereocenters. The summed E-state index contributed by atoms with van der Waals surface area (Å²) < 4.78 is 6.96. The summed E-state index contributed by atoms with van der Waals surface area (Å²) >= 11 is 0. The van der Waals surface area contributed by atoms with Crippen LogP contribution in [0.4, 0.5) is 11.4 Å². The van der Waals surface area contributed by atoms with Crippen LogP contribution in [-0.2, 0) is 4.79 Å². The van der Waals surface area contributed by atoms with Gasteiger partial charge in [0.05, 0.1) is 24.7 Å². The van der Waals surface area contributed by atoms with Crippen LogP contribution >= 0.6 is 0 Å². The van der Waals surface area contributed by atoms with Gasteiger partial charge in [-0.25, -0.2) is 9.50 Å². The van der Waals surface area contributed by atoms with Crippen molar-refractivity contribution in [2.45, 2.75) is 6.92 Å². The fourth-order valence-electron chi connectivity index (χ4n) is 3.16. The second-order valence-corrected chi connectivity index (χ2v) is 6.54. The Balaban J connectivity index is 1.69. The molecule has 2 heterocycles. The molecule has 4 rings (SSSR count). The maximum atomic E-state index is 13.0. The Labute approximate surface area is 172 Å². The molecule has 0 aliphatic rings. The number of nitrogens with one attached hydrogen (secondary N) is 2. The van der Waals surface area contributed by atoms with Crippen LogP contribution in [0.2, 0.25) is 0 Å². The van der Waals surface area contributed by atoms with E-state index in [-0.39, 0.29) is 11.8 Å². The first-order chi connectivity index (χ1) is 14.6. The molecule has 0 spiro atoms. The van der Waals surface area contributed by atoms with Crippen LogP contribution in [0.25, 0.3) is 16.9 Å². The fraction of sp³-hybridized carbons (Fsp3) is 0.0909. The normalized spacial score (nSPS) is 10.6. The van der Waals surface area contributed by atoms with Gasteiger partial charge in [-0.05, 0) is 24.3 Å². The molecule has 0 saturated carbocycles. The number of fused-ring (bicyclic) bond motifs is 1. The molecule has 2 N–H and O–H groups in total. The summed E-state index contributed by atoms with van der Waals surface area (Å²) in [6.07, 6.45) is 3.13. The lowest BCUT2D eigenvalue weighted by atomic mass is 10.1. The standard InChI is InChI=1S/C22H19N5O3/c1-14(28)25-16-8-9-20(30-2)18(12-16)26-22(29)17-13-24-27-19(10-11-23-21(17)27)15-6-4-3-5-7-15/h3-13H,1-2H3,(H,25,28)(H,26,29). The Morgan fingerprint density at radius 1 is 1.03 bits per heavy atom. The Bertz CT molecular complexity index is 1230. The van der Waals surface area contributed by atoms with E-state index in [2.05, 4.69) is 20.7 Å². The SMILES string of the molecule is COc1ccc(NC(C)=O)cc1NC(=O)c1cnn2c(-c3ccccc3)ccnc12. The molecular weight excluding hydrogens is 382 g/mol. The summed E-state index contributed by atoms with van der Waals surface area (Å²) in [5.74, 6) is -0.134. The number of rotatable bonds is 5. The van der Waals surface area contributed by atoms with Crippen LogP contribution in [-0.4, -0.2) is 33.5 Å². The van der Waals surface area contributed by atoms with Gasteiger partial charge >= 0.3 is 0 Å². The van der Waals surface area contributed by atoms with Crippen LogP contribution in [0.15, 0.2) is 67.0 Å². The Hall–Kier alpha value is -4.20. The van der Waals surface area contributed by atoms with E-state index in [4.69, 9.17) is 4.74 Å². The predicted octanol–water partition coefficient (Wildman–Crippen LogP) is 3.62. The number of aromatic nitrogens is 3. The van der Waals surface area contributed by atoms with E-state index in [0.29, 0.717) is 28.3 Å². The molecule has 0 saturated heterocycles. The number of carbonyl (C=O) groups excluding carboxylic acids is 2. The van der Waals surface area contributed by atoms with Gasteiger partial charge in [-0.3, -0.25) is 9.59 Å². The highest BCUT2D eigenvalue weighted by Crippen LogP contribution is 2.29. The number of hydrogen-bond donors (Lipinski definition) is 2. The first-order valence-electron chi connectivity index (χ1n) is 9.22. The molecule has 0 fully saturated rings. The first-order valence-corrected chi connectivity index (χ1v) is 9.22. The molecule has 150 valence electrons. The van der Waals surface area contributed by atoms with Crippen molar-refractivity contribution in [2.75, 3.05) is 17.7 Å². The minimum atomic E-state index is -0.388. The van der Waals surface area contributed by atoms with E-state index in [1.54, 1.807) is 28.9 Å². The van der Waals surface area contributed by atoms with E-state index < -0.39 is 0 Å². The zero-order chi connectivity index (χ0) is 21.1. The van der Waals surface area contributed by atoms with Gasteiger partial charge in [0, 0.05) is 24.4 Å².